The van der Waals surface area contributed by atoms with Gasteiger partial charge in [0.25, 0.3) is 5.91 Å². The molecular formula is C18H17N3O3. The number of pyridine rings is 2. The van der Waals surface area contributed by atoms with Gasteiger partial charge >= 0.3 is 0 Å². The van der Waals surface area contributed by atoms with Crippen LogP contribution in [0.15, 0.2) is 47.4 Å². The Morgan fingerprint density at radius 1 is 1.21 bits per heavy atom. The van der Waals surface area contributed by atoms with Crippen LogP contribution in [0, 0.1) is 6.92 Å². The van der Waals surface area contributed by atoms with E-state index in [0.29, 0.717) is 23.3 Å². The molecule has 0 radical (unpaired) electrons. The molecule has 0 aliphatic rings. The Morgan fingerprint density at radius 3 is 2.58 bits per heavy atom. The van der Waals surface area contributed by atoms with Crippen molar-refractivity contribution in [3.8, 4) is 5.75 Å². The number of rotatable bonds is 3. The van der Waals surface area contributed by atoms with Crippen molar-refractivity contribution in [2.24, 2.45) is 0 Å². The third-order valence-electron chi connectivity index (χ3n) is 3.77. The lowest BCUT2D eigenvalue weighted by Gasteiger charge is -2.11. The first-order valence-corrected chi connectivity index (χ1v) is 7.60. The second-order valence-electron chi connectivity index (χ2n) is 5.48. The summed E-state index contributed by atoms with van der Waals surface area (Å²) in [5.74, 6) is -0.385. The molecule has 0 aliphatic carbocycles. The molecule has 6 heteroatoms. The predicted molar refractivity (Wildman–Crippen MR) is 92.5 cm³/mol. The highest BCUT2D eigenvalue weighted by atomic mass is 16.3. The van der Waals surface area contributed by atoms with E-state index in [-0.39, 0.29) is 16.7 Å². The monoisotopic (exact) mass is 323 g/mol. The molecule has 0 unspecified atom stereocenters. The van der Waals surface area contributed by atoms with E-state index in [0.717, 1.165) is 5.69 Å². The number of fused-ring (bicyclic) bond motifs is 1. The van der Waals surface area contributed by atoms with Gasteiger partial charge in [0.2, 0.25) is 5.43 Å². The number of hydrogen-bond acceptors (Lipinski definition) is 4. The van der Waals surface area contributed by atoms with E-state index in [1.165, 1.54) is 18.3 Å². The van der Waals surface area contributed by atoms with Gasteiger partial charge in [-0.25, -0.2) is 4.98 Å². The minimum atomic E-state index is -0.490. The van der Waals surface area contributed by atoms with E-state index in [2.05, 4.69) is 10.3 Å². The number of hydrogen-bond donors (Lipinski definition) is 2. The van der Waals surface area contributed by atoms with Crippen molar-refractivity contribution in [1.29, 1.82) is 0 Å². The standard InChI is InChI=1S/C18H17N3O3/c1-3-21-10-15(16(23)14-9-4-11(2)19-17(14)21)18(24)20-12-5-7-13(22)8-6-12/h4-10,22H,3H2,1-2H3,(H,20,24). The fourth-order valence-electron chi connectivity index (χ4n) is 2.51. The van der Waals surface area contributed by atoms with Crippen LogP contribution >= 0.6 is 0 Å². The van der Waals surface area contributed by atoms with Crippen molar-refractivity contribution < 1.29 is 9.90 Å². The van der Waals surface area contributed by atoms with Crippen LogP contribution < -0.4 is 10.7 Å². The number of phenols is 1. The van der Waals surface area contributed by atoms with E-state index in [9.17, 15) is 14.7 Å². The number of amides is 1. The van der Waals surface area contributed by atoms with Crippen LogP contribution in [0.5, 0.6) is 5.75 Å². The number of carbonyl (C=O) groups excluding carboxylic acids is 1. The maximum absolute atomic E-state index is 12.6. The van der Waals surface area contributed by atoms with Gasteiger partial charge in [-0.05, 0) is 50.2 Å². The molecular weight excluding hydrogens is 306 g/mol. The molecule has 3 rings (SSSR count). The van der Waals surface area contributed by atoms with Gasteiger partial charge < -0.3 is 15.0 Å². The number of aromatic nitrogens is 2. The molecule has 24 heavy (non-hydrogen) atoms. The van der Waals surface area contributed by atoms with E-state index >= 15 is 0 Å². The minimum Gasteiger partial charge on any atom is -0.508 e. The van der Waals surface area contributed by atoms with Gasteiger partial charge in [-0.15, -0.1) is 0 Å². The second-order valence-corrected chi connectivity index (χ2v) is 5.48. The number of aromatic hydroxyl groups is 1. The number of phenolic OH excluding ortho intramolecular Hbond substituents is 1. The zero-order chi connectivity index (χ0) is 17.3. The maximum atomic E-state index is 12.6. The summed E-state index contributed by atoms with van der Waals surface area (Å²) in [7, 11) is 0. The van der Waals surface area contributed by atoms with Crippen LogP contribution in [-0.2, 0) is 6.54 Å². The van der Waals surface area contributed by atoms with Crippen molar-refractivity contribution in [2.75, 3.05) is 5.32 Å². The van der Waals surface area contributed by atoms with Crippen molar-refractivity contribution in [1.82, 2.24) is 9.55 Å². The van der Waals surface area contributed by atoms with Crippen LogP contribution in [0.4, 0.5) is 5.69 Å². The molecule has 0 saturated carbocycles. The normalized spacial score (nSPS) is 10.8. The summed E-state index contributed by atoms with van der Waals surface area (Å²) in [4.78, 5) is 29.5. The fraction of sp³-hybridized carbons (Fsp3) is 0.167. The van der Waals surface area contributed by atoms with Crippen LogP contribution in [0.2, 0.25) is 0 Å². The van der Waals surface area contributed by atoms with Crippen molar-refractivity contribution in [3.63, 3.8) is 0 Å². The highest BCUT2D eigenvalue weighted by Gasteiger charge is 2.16. The van der Waals surface area contributed by atoms with Gasteiger partial charge in [-0.2, -0.15) is 0 Å². The van der Waals surface area contributed by atoms with Crippen molar-refractivity contribution >= 4 is 22.6 Å². The molecule has 1 aromatic carbocycles. The van der Waals surface area contributed by atoms with Gasteiger partial charge in [-0.1, -0.05) is 0 Å². The summed E-state index contributed by atoms with van der Waals surface area (Å²) in [6.45, 7) is 4.37. The zero-order valence-electron chi connectivity index (χ0n) is 13.4. The first-order chi connectivity index (χ1) is 11.5. The minimum absolute atomic E-state index is 0.0584. The van der Waals surface area contributed by atoms with E-state index < -0.39 is 5.91 Å². The molecule has 2 N–H and O–H groups in total. The van der Waals surface area contributed by atoms with Gasteiger partial charge in [-0.3, -0.25) is 9.59 Å². The summed E-state index contributed by atoms with van der Waals surface area (Å²) in [6.07, 6.45) is 1.53. The van der Waals surface area contributed by atoms with Gasteiger partial charge in [0, 0.05) is 24.1 Å². The number of nitrogens with one attached hydrogen (secondary N) is 1. The molecule has 3 aromatic rings. The predicted octanol–water partition coefficient (Wildman–Crippen LogP) is 2.68. The van der Waals surface area contributed by atoms with Crippen LogP contribution in [0.3, 0.4) is 0 Å². The lowest BCUT2D eigenvalue weighted by molar-refractivity contribution is 0.102. The molecule has 2 heterocycles. The smallest absolute Gasteiger partial charge is 0.261 e. The lowest BCUT2D eigenvalue weighted by Crippen LogP contribution is -2.24. The van der Waals surface area contributed by atoms with Gasteiger partial charge in [0.1, 0.15) is 17.0 Å². The third-order valence-corrected chi connectivity index (χ3v) is 3.77. The molecule has 122 valence electrons. The Labute approximate surface area is 138 Å². The molecule has 0 spiro atoms. The molecule has 0 bridgehead atoms. The van der Waals surface area contributed by atoms with Crippen LogP contribution in [0.1, 0.15) is 23.0 Å². The Hall–Kier alpha value is -3.15. The summed E-state index contributed by atoms with van der Waals surface area (Å²) in [5, 5.41) is 12.4. The quantitative estimate of drug-likeness (QED) is 0.726. The molecule has 1 amide bonds. The zero-order valence-corrected chi connectivity index (χ0v) is 13.4. The summed E-state index contributed by atoms with van der Waals surface area (Å²) in [5.41, 5.74) is 1.60. The second kappa shape index (κ2) is 6.16. The number of benzene rings is 1. The topological polar surface area (TPSA) is 84.2 Å². The molecule has 0 fully saturated rings. The van der Waals surface area contributed by atoms with Crippen LogP contribution in [0.25, 0.3) is 11.0 Å². The lowest BCUT2D eigenvalue weighted by atomic mass is 10.1. The molecule has 0 saturated heterocycles. The summed E-state index contributed by atoms with van der Waals surface area (Å²) < 4.78 is 1.79. The number of aryl methyl sites for hydroxylation is 2. The van der Waals surface area contributed by atoms with E-state index in [4.69, 9.17) is 0 Å². The Morgan fingerprint density at radius 2 is 1.92 bits per heavy atom. The largest absolute Gasteiger partial charge is 0.508 e. The molecule has 6 nitrogen and oxygen atoms in total. The van der Waals surface area contributed by atoms with Crippen LogP contribution in [-0.4, -0.2) is 20.6 Å². The van der Waals surface area contributed by atoms with Crippen molar-refractivity contribution in [2.45, 2.75) is 20.4 Å². The fourth-order valence-corrected chi connectivity index (χ4v) is 2.51. The Kier molecular flexibility index (Phi) is 4.04. The number of nitrogens with zero attached hydrogens (tertiary/aromatic N) is 2. The number of anilines is 1. The molecule has 2 aromatic heterocycles. The summed E-state index contributed by atoms with van der Waals surface area (Å²) >= 11 is 0. The van der Waals surface area contributed by atoms with E-state index in [1.54, 1.807) is 28.8 Å². The first kappa shape index (κ1) is 15.7. The van der Waals surface area contributed by atoms with Crippen molar-refractivity contribution in [3.05, 3.63) is 64.1 Å². The first-order valence-electron chi connectivity index (χ1n) is 7.60. The average Bonchev–Trinajstić information content (AvgIpc) is 2.57. The van der Waals surface area contributed by atoms with Gasteiger partial charge in [0.15, 0.2) is 0 Å². The number of carbonyl (C=O) groups is 1. The molecule has 0 atom stereocenters. The Bertz CT molecular complexity index is 975. The SMILES string of the molecule is CCn1cc(C(=O)Nc2ccc(O)cc2)c(=O)c2ccc(C)nc21. The summed E-state index contributed by atoms with van der Waals surface area (Å²) in [6, 6.07) is 9.52. The Balaban J connectivity index is 2.07. The average molecular weight is 323 g/mol. The molecule has 0 aliphatic heterocycles. The van der Waals surface area contributed by atoms with Gasteiger partial charge in [0.05, 0.1) is 5.39 Å². The highest BCUT2D eigenvalue weighted by molar-refractivity contribution is 6.05. The highest BCUT2D eigenvalue weighted by Crippen LogP contribution is 2.15. The third kappa shape index (κ3) is 2.86. The van der Waals surface area contributed by atoms with E-state index in [1.807, 2.05) is 13.8 Å². The maximum Gasteiger partial charge on any atom is 0.261 e.